The van der Waals surface area contributed by atoms with Crippen molar-refractivity contribution in [2.24, 2.45) is 7.05 Å². The number of aromatic nitrogens is 2. The molecular weight excluding hydrogens is 196 g/mol. The minimum absolute atomic E-state index is 1.13. The number of hydrogen-bond acceptors (Lipinski definition) is 1. The Kier molecular flexibility index (Phi) is 1.93. The normalized spacial score (nSPS) is 13.4. The second kappa shape index (κ2) is 3.21. The molecule has 0 saturated carbocycles. The number of nitrogens with zero attached hydrogens (tertiary/aromatic N) is 2. The second-order valence-electron chi connectivity index (χ2n) is 4.78. The fourth-order valence-electron chi connectivity index (χ4n) is 2.75. The van der Waals surface area contributed by atoms with Gasteiger partial charge in [0, 0.05) is 18.8 Å². The molecule has 16 heavy (non-hydrogen) atoms. The Balaban J connectivity index is 2.30. The molecule has 2 heteroatoms. The molecule has 3 rings (SSSR count). The molecule has 0 unspecified atom stereocenters. The molecule has 1 aliphatic carbocycles. The zero-order valence-electron chi connectivity index (χ0n) is 10.0. The highest BCUT2D eigenvalue weighted by molar-refractivity contribution is 5.71. The molecule has 2 aromatic rings. The third-order valence-electron chi connectivity index (χ3n) is 3.42. The zero-order chi connectivity index (χ0) is 11.3. The van der Waals surface area contributed by atoms with Crippen LogP contribution in [0.4, 0.5) is 0 Å². The summed E-state index contributed by atoms with van der Waals surface area (Å²) in [6.45, 7) is 4.37. The number of fused-ring (bicyclic) bond motifs is 3. The molecule has 0 fully saturated rings. The van der Waals surface area contributed by atoms with E-state index in [1.165, 1.54) is 33.5 Å². The molecule has 0 spiro atoms. The molecule has 0 aliphatic heterocycles. The van der Waals surface area contributed by atoms with Gasteiger partial charge in [0.05, 0.1) is 5.69 Å². The largest absolute Gasteiger partial charge is 0.275 e. The molecule has 1 heterocycles. The summed E-state index contributed by atoms with van der Waals surface area (Å²) >= 11 is 0. The summed E-state index contributed by atoms with van der Waals surface area (Å²) in [6.07, 6.45) is 4.43. The van der Waals surface area contributed by atoms with Crippen molar-refractivity contribution in [3.63, 3.8) is 0 Å². The molecule has 0 N–H and O–H groups in total. The molecule has 1 aromatic heterocycles. The summed E-state index contributed by atoms with van der Waals surface area (Å²) in [7, 11) is 2.00. The van der Waals surface area contributed by atoms with Crippen LogP contribution in [0.25, 0.3) is 11.3 Å². The summed E-state index contributed by atoms with van der Waals surface area (Å²) in [5.74, 6) is 0. The van der Waals surface area contributed by atoms with Crippen molar-refractivity contribution < 1.29 is 0 Å². The fraction of sp³-hybridized carbons (Fsp3) is 0.357. The molecule has 2 nitrogen and oxygen atoms in total. The van der Waals surface area contributed by atoms with Gasteiger partial charge in [-0.25, -0.2) is 0 Å². The Labute approximate surface area is 95.9 Å². The van der Waals surface area contributed by atoms with E-state index in [-0.39, 0.29) is 0 Å². The number of aryl methyl sites for hydroxylation is 4. The first-order valence-corrected chi connectivity index (χ1v) is 5.78. The highest BCUT2D eigenvalue weighted by atomic mass is 15.3. The van der Waals surface area contributed by atoms with Crippen LogP contribution in [0.3, 0.4) is 0 Å². The first-order valence-electron chi connectivity index (χ1n) is 5.78. The Morgan fingerprint density at radius 2 is 2.00 bits per heavy atom. The maximum Gasteiger partial charge on any atom is 0.0958 e. The van der Waals surface area contributed by atoms with Crippen molar-refractivity contribution in [3.8, 4) is 11.3 Å². The highest BCUT2D eigenvalue weighted by Crippen LogP contribution is 2.34. The van der Waals surface area contributed by atoms with E-state index >= 15 is 0 Å². The van der Waals surface area contributed by atoms with Gasteiger partial charge in [-0.2, -0.15) is 5.10 Å². The highest BCUT2D eigenvalue weighted by Gasteiger charge is 2.20. The lowest BCUT2D eigenvalue weighted by Crippen LogP contribution is -2.05. The lowest BCUT2D eigenvalue weighted by molar-refractivity contribution is 0.770. The van der Waals surface area contributed by atoms with Crippen LogP contribution in [0, 0.1) is 13.8 Å². The summed E-state index contributed by atoms with van der Waals surface area (Å²) in [5, 5.41) is 4.59. The number of hydrogen-bond donors (Lipinski definition) is 0. The quantitative estimate of drug-likeness (QED) is 0.656. The van der Waals surface area contributed by atoms with E-state index in [9.17, 15) is 0 Å². The smallest absolute Gasteiger partial charge is 0.0958 e. The minimum Gasteiger partial charge on any atom is -0.275 e. The van der Waals surface area contributed by atoms with E-state index in [0.29, 0.717) is 0 Å². The van der Waals surface area contributed by atoms with Crippen LogP contribution in [-0.4, -0.2) is 9.78 Å². The topological polar surface area (TPSA) is 17.8 Å². The third-order valence-corrected chi connectivity index (χ3v) is 3.42. The van der Waals surface area contributed by atoms with Gasteiger partial charge >= 0.3 is 0 Å². The van der Waals surface area contributed by atoms with Crippen LogP contribution in [0.1, 0.15) is 22.3 Å². The molecule has 0 saturated heterocycles. The monoisotopic (exact) mass is 212 g/mol. The summed E-state index contributed by atoms with van der Waals surface area (Å²) in [6, 6.07) is 4.54. The zero-order valence-corrected chi connectivity index (χ0v) is 10.0. The van der Waals surface area contributed by atoms with Crippen LogP contribution in [0.5, 0.6) is 0 Å². The van der Waals surface area contributed by atoms with Gasteiger partial charge in [-0.15, -0.1) is 0 Å². The van der Waals surface area contributed by atoms with E-state index in [0.717, 1.165) is 12.8 Å². The molecule has 0 bridgehead atoms. The first-order chi connectivity index (χ1) is 7.65. The summed E-state index contributed by atoms with van der Waals surface area (Å²) < 4.78 is 1.93. The van der Waals surface area contributed by atoms with Crippen LogP contribution in [-0.2, 0) is 19.9 Å². The lowest BCUT2D eigenvalue weighted by Gasteiger charge is -2.18. The summed E-state index contributed by atoms with van der Waals surface area (Å²) in [5.41, 5.74) is 8.15. The molecule has 82 valence electrons. The van der Waals surface area contributed by atoms with Gasteiger partial charge in [-0.05, 0) is 49.4 Å². The maximum atomic E-state index is 4.59. The van der Waals surface area contributed by atoms with Crippen molar-refractivity contribution in [3.05, 3.63) is 40.6 Å². The Hall–Kier alpha value is -1.57. The van der Waals surface area contributed by atoms with Crippen molar-refractivity contribution in [2.75, 3.05) is 0 Å². The lowest BCUT2D eigenvalue weighted by atomic mass is 9.86. The Bertz CT molecular complexity index is 564. The van der Waals surface area contributed by atoms with Gasteiger partial charge in [-0.1, -0.05) is 11.6 Å². The van der Waals surface area contributed by atoms with Gasteiger partial charge in [-0.3, -0.25) is 4.68 Å². The average Bonchev–Trinajstić information content (AvgIpc) is 2.58. The van der Waals surface area contributed by atoms with Gasteiger partial charge < -0.3 is 0 Å². The van der Waals surface area contributed by atoms with Gasteiger partial charge in [0.2, 0.25) is 0 Å². The van der Waals surface area contributed by atoms with Crippen LogP contribution < -0.4 is 0 Å². The fourth-order valence-corrected chi connectivity index (χ4v) is 2.75. The standard InChI is InChI=1S/C14H16N2/c1-9-6-10(2)12-5-4-11-8-16(3)15-14(11)13(12)7-9/h6-8H,4-5H2,1-3H3. The van der Waals surface area contributed by atoms with Crippen LogP contribution in [0.2, 0.25) is 0 Å². The molecular formula is C14H16N2. The molecule has 0 atom stereocenters. The second-order valence-corrected chi connectivity index (χ2v) is 4.78. The molecule has 0 radical (unpaired) electrons. The first kappa shape index (κ1) is 9.64. The molecule has 0 amide bonds. The number of benzene rings is 1. The average molecular weight is 212 g/mol. The van der Waals surface area contributed by atoms with Crippen molar-refractivity contribution in [1.82, 2.24) is 9.78 Å². The van der Waals surface area contributed by atoms with Gasteiger partial charge in [0.25, 0.3) is 0 Å². The van der Waals surface area contributed by atoms with Gasteiger partial charge in [0.15, 0.2) is 0 Å². The minimum atomic E-state index is 1.13. The molecule has 1 aliphatic rings. The van der Waals surface area contributed by atoms with E-state index < -0.39 is 0 Å². The predicted octanol–water partition coefficient (Wildman–Crippen LogP) is 2.80. The number of rotatable bonds is 0. The predicted molar refractivity (Wildman–Crippen MR) is 65.5 cm³/mol. The van der Waals surface area contributed by atoms with Crippen molar-refractivity contribution in [1.29, 1.82) is 0 Å². The van der Waals surface area contributed by atoms with Crippen LogP contribution >= 0.6 is 0 Å². The van der Waals surface area contributed by atoms with E-state index in [1.807, 2.05) is 11.7 Å². The van der Waals surface area contributed by atoms with Crippen LogP contribution in [0.15, 0.2) is 18.3 Å². The summed E-state index contributed by atoms with van der Waals surface area (Å²) in [4.78, 5) is 0. The maximum absolute atomic E-state index is 4.59. The Morgan fingerprint density at radius 3 is 2.81 bits per heavy atom. The van der Waals surface area contributed by atoms with Crippen molar-refractivity contribution >= 4 is 0 Å². The Morgan fingerprint density at radius 1 is 1.19 bits per heavy atom. The SMILES string of the molecule is Cc1cc(C)c2c(c1)-c1nn(C)cc1CC2. The van der Waals surface area contributed by atoms with Gasteiger partial charge in [0.1, 0.15) is 0 Å². The third kappa shape index (κ3) is 1.29. The van der Waals surface area contributed by atoms with Crippen molar-refractivity contribution in [2.45, 2.75) is 26.7 Å². The molecule has 1 aromatic carbocycles. The van der Waals surface area contributed by atoms with E-state index in [2.05, 4.69) is 37.3 Å². The van der Waals surface area contributed by atoms with E-state index in [1.54, 1.807) is 0 Å². The van der Waals surface area contributed by atoms with E-state index in [4.69, 9.17) is 0 Å².